The van der Waals surface area contributed by atoms with E-state index in [0.717, 1.165) is 43.7 Å². The first-order valence-electron chi connectivity index (χ1n) is 11.2. The van der Waals surface area contributed by atoms with Crippen LogP contribution in [0, 0.1) is 0 Å². The molecule has 2 atom stereocenters. The zero-order chi connectivity index (χ0) is 22.7. The quantitative estimate of drug-likeness (QED) is 0.562. The standard InChI is InChI=1S/C24H30N2O5S/c1-24(2,3)31-23(28)26-13-6-7-19(26)22-25-18(15-32-22)21(27)16-9-11-17(12-10-16)30-20-8-4-5-14-29-20/h9-12,15,19-20H,4-8,13-14H2,1-3H3/t19-,20?/m0/s1. The summed E-state index contributed by atoms with van der Waals surface area (Å²) in [5, 5.41) is 2.54. The third-order valence-corrected chi connectivity index (χ3v) is 6.39. The minimum Gasteiger partial charge on any atom is -0.465 e. The van der Waals surface area contributed by atoms with E-state index >= 15 is 0 Å². The van der Waals surface area contributed by atoms with Crippen LogP contribution in [0.4, 0.5) is 4.79 Å². The molecule has 0 aliphatic carbocycles. The second-order valence-corrected chi connectivity index (χ2v) is 10.1. The van der Waals surface area contributed by atoms with Crippen LogP contribution in [0.2, 0.25) is 0 Å². The van der Waals surface area contributed by atoms with Crippen LogP contribution in [0.5, 0.6) is 5.75 Å². The second-order valence-electron chi connectivity index (χ2n) is 9.17. The van der Waals surface area contributed by atoms with Crippen LogP contribution in [0.1, 0.15) is 80.0 Å². The lowest BCUT2D eigenvalue weighted by Gasteiger charge is -2.27. The Hall–Kier alpha value is -2.45. The summed E-state index contributed by atoms with van der Waals surface area (Å²) < 4.78 is 17.0. The van der Waals surface area contributed by atoms with E-state index in [1.807, 2.05) is 20.8 Å². The highest BCUT2D eigenvalue weighted by Gasteiger charge is 2.35. The van der Waals surface area contributed by atoms with Gasteiger partial charge in [0.25, 0.3) is 0 Å². The SMILES string of the molecule is CC(C)(C)OC(=O)N1CCC[C@H]1c1nc(C(=O)c2ccc(OC3CCCCO3)cc2)cs1. The molecule has 0 N–H and O–H groups in total. The van der Waals surface area contributed by atoms with Crippen LogP contribution in [0.3, 0.4) is 0 Å². The highest BCUT2D eigenvalue weighted by atomic mass is 32.1. The van der Waals surface area contributed by atoms with E-state index in [1.165, 1.54) is 11.3 Å². The third kappa shape index (κ3) is 5.48. The predicted octanol–water partition coefficient (Wildman–Crippen LogP) is 5.35. The molecular formula is C24H30N2O5S. The molecule has 2 aliphatic heterocycles. The molecule has 0 radical (unpaired) electrons. The van der Waals surface area contributed by atoms with Crippen molar-refractivity contribution in [3.05, 3.63) is 45.9 Å². The van der Waals surface area contributed by atoms with Crippen molar-refractivity contribution in [1.29, 1.82) is 0 Å². The van der Waals surface area contributed by atoms with E-state index in [0.29, 0.717) is 23.6 Å². The summed E-state index contributed by atoms with van der Waals surface area (Å²) in [5.74, 6) is 0.543. The minimum absolute atomic E-state index is 0.144. The fourth-order valence-corrected chi connectivity index (χ4v) is 4.84. The van der Waals surface area contributed by atoms with Gasteiger partial charge in [-0.15, -0.1) is 11.3 Å². The minimum atomic E-state index is -0.548. The molecule has 1 aromatic carbocycles. The fraction of sp³-hybridized carbons (Fsp3) is 0.542. The highest BCUT2D eigenvalue weighted by molar-refractivity contribution is 7.10. The summed E-state index contributed by atoms with van der Waals surface area (Å²) in [6, 6.07) is 6.94. The molecule has 2 aliphatic rings. The van der Waals surface area contributed by atoms with Gasteiger partial charge in [-0.25, -0.2) is 9.78 Å². The van der Waals surface area contributed by atoms with Gasteiger partial charge in [0.05, 0.1) is 12.6 Å². The number of likely N-dealkylation sites (tertiary alicyclic amines) is 1. The maximum atomic E-state index is 13.0. The van der Waals surface area contributed by atoms with Crippen molar-refractivity contribution in [3.8, 4) is 5.75 Å². The lowest BCUT2D eigenvalue weighted by Crippen LogP contribution is -2.36. The largest absolute Gasteiger partial charge is 0.465 e. The van der Waals surface area contributed by atoms with Crippen LogP contribution in [0.25, 0.3) is 0 Å². The van der Waals surface area contributed by atoms with Gasteiger partial charge in [0, 0.05) is 23.9 Å². The maximum absolute atomic E-state index is 13.0. The Morgan fingerprint density at radius 2 is 1.91 bits per heavy atom. The fourth-order valence-electron chi connectivity index (χ4n) is 3.90. The Labute approximate surface area is 192 Å². The van der Waals surface area contributed by atoms with Crippen molar-refractivity contribution in [2.45, 2.75) is 70.8 Å². The number of nitrogens with zero attached hydrogens (tertiary/aromatic N) is 2. The number of thiazole rings is 1. The van der Waals surface area contributed by atoms with Crippen LogP contribution in [0.15, 0.2) is 29.6 Å². The first-order valence-corrected chi connectivity index (χ1v) is 12.1. The summed E-state index contributed by atoms with van der Waals surface area (Å²) >= 11 is 1.41. The highest BCUT2D eigenvalue weighted by Crippen LogP contribution is 2.35. The molecular weight excluding hydrogens is 428 g/mol. The molecule has 1 aromatic heterocycles. The summed E-state index contributed by atoms with van der Waals surface area (Å²) in [6.45, 7) is 6.92. The van der Waals surface area contributed by atoms with Crippen molar-refractivity contribution in [1.82, 2.24) is 9.88 Å². The van der Waals surface area contributed by atoms with Crippen molar-refractivity contribution in [2.24, 2.45) is 0 Å². The van der Waals surface area contributed by atoms with Gasteiger partial charge in [-0.05, 0) is 70.7 Å². The topological polar surface area (TPSA) is 78.0 Å². The molecule has 7 nitrogen and oxygen atoms in total. The molecule has 32 heavy (non-hydrogen) atoms. The first-order chi connectivity index (χ1) is 15.3. The van der Waals surface area contributed by atoms with Gasteiger partial charge < -0.3 is 14.2 Å². The van der Waals surface area contributed by atoms with Gasteiger partial charge in [0.15, 0.2) is 6.29 Å². The number of ketones is 1. The van der Waals surface area contributed by atoms with Gasteiger partial charge in [0.1, 0.15) is 22.1 Å². The Morgan fingerprint density at radius 1 is 1.12 bits per heavy atom. The van der Waals surface area contributed by atoms with Crippen molar-refractivity contribution in [3.63, 3.8) is 0 Å². The van der Waals surface area contributed by atoms with E-state index < -0.39 is 5.60 Å². The van der Waals surface area contributed by atoms with E-state index in [1.54, 1.807) is 34.5 Å². The molecule has 3 heterocycles. The van der Waals surface area contributed by atoms with Gasteiger partial charge in [-0.3, -0.25) is 9.69 Å². The van der Waals surface area contributed by atoms with E-state index in [9.17, 15) is 9.59 Å². The molecule has 8 heteroatoms. The number of hydrogen-bond acceptors (Lipinski definition) is 7. The molecule has 1 amide bonds. The van der Waals surface area contributed by atoms with Crippen molar-refractivity contribution >= 4 is 23.2 Å². The van der Waals surface area contributed by atoms with Crippen LogP contribution >= 0.6 is 11.3 Å². The number of rotatable bonds is 5. The number of carbonyl (C=O) groups is 2. The monoisotopic (exact) mass is 458 g/mol. The average molecular weight is 459 g/mol. The summed E-state index contributed by atoms with van der Waals surface area (Å²) in [5.41, 5.74) is 0.396. The molecule has 2 saturated heterocycles. The Morgan fingerprint density at radius 3 is 2.59 bits per heavy atom. The summed E-state index contributed by atoms with van der Waals surface area (Å²) in [6.07, 6.45) is 4.20. The van der Waals surface area contributed by atoms with E-state index in [4.69, 9.17) is 14.2 Å². The van der Waals surface area contributed by atoms with Crippen LogP contribution in [-0.2, 0) is 9.47 Å². The van der Waals surface area contributed by atoms with Gasteiger partial charge in [0.2, 0.25) is 5.78 Å². The van der Waals surface area contributed by atoms with Crippen LogP contribution < -0.4 is 4.74 Å². The molecule has 2 aromatic rings. The Kier molecular flexibility index (Phi) is 6.81. The molecule has 4 rings (SSSR count). The van der Waals surface area contributed by atoms with E-state index in [2.05, 4.69) is 4.98 Å². The zero-order valence-corrected chi connectivity index (χ0v) is 19.7. The molecule has 2 fully saturated rings. The van der Waals surface area contributed by atoms with Gasteiger partial charge in [-0.1, -0.05) is 0 Å². The van der Waals surface area contributed by atoms with Crippen molar-refractivity contribution in [2.75, 3.05) is 13.2 Å². The normalized spacial score (nSPS) is 21.4. The molecule has 172 valence electrons. The number of carbonyl (C=O) groups excluding carboxylic acids is 2. The second kappa shape index (κ2) is 9.58. The lowest BCUT2D eigenvalue weighted by atomic mass is 10.1. The summed E-state index contributed by atoms with van der Waals surface area (Å²) in [4.78, 5) is 31.8. The van der Waals surface area contributed by atoms with Gasteiger partial charge >= 0.3 is 6.09 Å². The zero-order valence-electron chi connectivity index (χ0n) is 18.8. The number of amides is 1. The molecule has 1 unspecified atom stereocenters. The third-order valence-electron chi connectivity index (χ3n) is 5.44. The molecule has 0 spiro atoms. The number of benzene rings is 1. The van der Waals surface area contributed by atoms with Gasteiger partial charge in [-0.2, -0.15) is 0 Å². The number of aromatic nitrogens is 1. The molecule has 0 saturated carbocycles. The van der Waals surface area contributed by atoms with Crippen LogP contribution in [-0.4, -0.2) is 46.8 Å². The first kappa shape index (κ1) is 22.7. The lowest BCUT2D eigenvalue weighted by molar-refractivity contribution is -0.105. The average Bonchev–Trinajstić information content (AvgIpc) is 3.43. The Balaban J connectivity index is 1.41. The number of hydrogen-bond donors (Lipinski definition) is 0. The Bertz CT molecular complexity index is 944. The number of ether oxygens (including phenoxy) is 3. The molecule has 0 bridgehead atoms. The summed E-state index contributed by atoms with van der Waals surface area (Å²) in [7, 11) is 0. The van der Waals surface area contributed by atoms with Crippen molar-refractivity contribution < 1.29 is 23.8 Å². The maximum Gasteiger partial charge on any atom is 0.410 e. The van der Waals surface area contributed by atoms with E-state index in [-0.39, 0.29) is 24.2 Å². The smallest absolute Gasteiger partial charge is 0.410 e. The predicted molar refractivity (Wildman–Crippen MR) is 121 cm³/mol.